The van der Waals surface area contributed by atoms with Gasteiger partial charge >= 0.3 is 0 Å². The van der Waals surface area contributed by atoms with Gasteiger partial charge in [0.1, 0.15) is 0 Å². The summed E-state index contributed by atoms with van der Waals surface area (Å²) >= 11 is 0. The highest BCUT2D eigenvalue weighted by atomic mass is 32.2. The van der Waals surface area contributed by atoms with Crippen LogP contribution in [0.15, 0.2) is 12.7 Å². The van der Waals surface area contributed by atoms with Gasteiger partial charge in [0.25, 0.3) is 0 Å². The molecule has 0 radical (unpaired) electrons. The van der Waals surface area contributed by atoms with E-state index in [1.54, 1.807) is 6.92 Å². The zero-order valence-electron chi connectivity index (χ0n) is 10.9. The molecule has 0 bridgehead atoms. The third-order valence-corrected chi connectivity index (χ3v) is 4.77. The third-order valence-electron chi connectivity index (χ3n) is 2.88. The maximum Gasteiger partial charge on any atom is 0.151 e. The van der Waals surface area contributed by atoms with Gasteiger partial charge in [0.15, 0.2) is 9.84 Å². The van der Waals surface area contributed by atoms with Gasteiger partial charge in [0.05, 0.1) is 5.75 Å². The van der Waals surface area contributed by atoms with Crippen molar-refractivity contribution in [2.45, 2.75) is 46.2 Å². The van der Waals surface area contributed by atoms with Crippen molar-refractivity contribution in [1.29, 1.82) is 0 Å². The first-order valence-electron chi connectivity index (χ1n) is 5.89. The quantitative estimate of drug-likeness (QED) is 0.667. The summed E-state index contributed by atoms with van der Waals surface area (Å²) in [5.74, 6) is 0.911. The van der Waals surface area contributed by atoms with Gasteiger partial charge in [-0.15, -0.1) is 6.58 Å². The van der Waals surface area contributed by atoms with Crippen molar-refractivity contribution in [2.75, 3.05) is 11.5 Å². The van der Waals surface area contributed by atoms with Crippen molar-refractivity contribution in [1.82, 2.24) is 5.32 Å². The molecule has 1 N–H and O–H groups in total. The molecule has 3 atom stereocenters. The van der Waals surface area contributed by atoms with Crippen LogP contribution in [0.1, 0.15) is 34.1 Å². The lowest BCUT2D eigenvalue weighted by molar-refractivity contribution is 0.376. The molecule has 0 aliphatic heterocycles. The largest absolute Gasteiger partial charge is 0.310 e. The first kappa shape index (κ1) is 15.7. The van der Waals surface area contributed by atoms with E-state index in [2.05, 4.69) is 25.7 Å². The molecule has 96 valence electrons. The van der Waals surface area contributed by atoms with E-state index in [4.69, 9.17) is 0 Å². The molecule has 0 heterocycles. The molecule has 0 aliphatic rings. The van der Waals surface area contributed by atoms with Crippen LogP contribution >= 0.6 is 0 Å². The van der Waals surface area contributed by atoms with Crippen LogP contribution < -0.4 is 5.32 Å². The molecule has 0 amide bonds. The summed E-state index contributed by atoms with van der Waals surface area (Å²) in [5.41, 5.74) is 0. The summed E-state index contributed by atoms with van der Waals surface area (Å²) in [4.78, 5) is 0. The molecule has 0 aromatic carbocycles. The highest BCUT2D eigenvalue weighted by Crippen LogP contribution is 2.09. The molecule has 3 unspecified atom stereocenters. The number of hydrogen-bond acceptors (Lipinski definition) is 3. The van der Waals surface area contributed by atoms with Crippen molar-refractivity contribution in [3.8, 4) is 0 Å². The second-order valence-electron chi connectivity index (χ2n) is 4.56. The number of hydrogen-bond donors (Lipinski definition) is 1. The van der Waals surface area contributed by atoms with Gasteiger partial charge in [-0.2, -0.15) is 0 Å². The Morgan fingerprint density at radius 3 is 2.31 bits per heavy atom. The van der Waals surface area contributed by atoms with Crippen LogP contribution in [0.5, 0.6) is 0 Å². The van der Waals surface area contributed by atoms with Crippen LogP contribution in [0, 0.1) is 5.92 Å². The molecular formula is C12H25NO2S. The topological polar surface area (TPSA) is 46.2 Å². The Labute approximate surface area is 100 Å². The standard InChI is InChI=1S/C12H25NO2S/c1-6-8-10(3)12(5)13-11(4)9-16(14,15)7-2/h6,10-13H,1,7-9H2,2-5H3. The second-order valence-corrected chi connectivity index (χ2v) is 6.95. The van der Waals surface area contributed by atoms with Crippen LogP contribution in [-0.2, 0) is 9.84 Å². The summed E-state index contributed by atoms with van der Waals surface area (Å²) in [6, 6.07) is 0.312. The molecule has 16 heavy (non-hydrogen) atoms. The highest BCUT2D eigenvalue weighted by molar-refractivity contribution is 7.91. The molecular weight excluding hydrogens is 222 g/mol. The highest BCUT2D eigenvalue weighted by Gasteiger charge is 2.17. The van der Waals surface area contributed by atoms with E-state index >= 15 is 0 Å². The molecule has 0 aromatic rings. The van der Waals surface area contributed by atoms with E-state index in [0.29, 0.717) is 12.0 Å². The van der Waals surface area contributed by atoms with E-state index in [1.165, 1.54) is 0 Å². The second kappa shape index (κ2) is 7.07. The Morgan fingerprint density at radius 2 is 1.88 bits per heavy atom. The van der Waals surface area contributed by atoms with Crippen LogP contribution in [0.4, 0.5) is 0 Å². The Hall–Kier alpha value is -0.350. The maximum absolute atomic E-state index is 11.4. The van der Waals surface area contributed by atoms with Crippen molar-refractivity contribution < 1.29 is 8.42 Å². The van der Waals surface area contributed by atoms with Gasteiger partial charge in [0.2, 0.25) is 0 Å². The molecule has 0 saturated heterocycles. The average Bonchev–Trinajstić information content (AvgIpc) is 2.17. The smallest absolute Gasteiger partial charge is 0.151 e. The van der Waals surface area contributed by atoms with Crippen LogP contribution in [-0.4, -0.2) is 32.0 Å². The monoisotopic (exact) mass is 247 g/mol. The number of rotatable bonds is 8. The molecule has 0 saturated carbocycles. The predicted octanol–water partition coefficient (Wildman–Crippen LogP) is 2.00. The Bertz CT molecular complexity index is 298. The van der Waals surface area contributed by atoms with Crippen molar-refractivity contribution in [3.63, 3.8) is 0 Å². The summed E-state index contributed by atoms with van der Waals surface area (Å²) < 4.78 is 22.9. The molecule has 0 aliphatic carbocycles. The van der Waals surface area contributed by atoms with Gasteiger partial charge in [-0.1, -0.05) is 19.9 Å². The normalized spacial score (nSPS) is 17.8. The molecule has 3 nitrogen and oxygen atoms in total. The fraction of sp³-hybridized carbons (Fsp3) is 0.833. The van der Waals surface area contributed by atoms with Gasteiger partial charge in [-0.25, -0.2) is 8.42 Å². The minimum absolute atomic E-state index is 0.00668. The molecule has 4 heteroatoms. The number of sulfone groups is 1. The maximum atomic E-state index is 11.4. The lowest BCUT2D eigenvalue weighted by Gasteiger charge is -2.24. The van der Waals surface area contributed by atoms with Crippen molar-refractivity contribution >= 4 is 9.84 Å². The summed E-state index contributed by atoms with van der Waals surface area (Å²) in [7, 11) is -2.88. The zero-order valence-corrected chi connectivity index (χ0v) is 11.7. The van der Waals surface area contributed by atoms with Gasteiger partial charge in [0, 0.05) is 17.8 Å². The van der Waals surface area contributed by atoms with Gasteiger partial charge in [-0.3, -0.25) is 0 Å². The van der Waals surface area contributed by atoms with Crippen molar-refractivity contribution in [2.24, 2.45) is 5.92 Å². The minimum Gasteiger partial charge on any atom is -0.310 e. The summed E-state index contributed by atoms with van der Waals surface area (Å²) in [6.45, 7) is 11.5. The van der Waals surface area contributed by atoms with Crippen LogP contribution in [0.3, 0.4) is 0 Å². The van der Waals surface area contributed by atoms with E-state index in [0.717, 1.165) is 6.42 Å². The van der Waals surface area contributed by atoms with Crippen LogP contribution in [0.2, 0.25) is 0 Å². The summed E-state index contributed by atoms with van der Waals surface area (Å²) in [5, 5.41) is 3.33. The van der Waals surface area contributed by atoms with E-state index in [-0.39, 0.29) is 17.5 Å². The number of nitrogens with one attached hydrogen (secondary N) is 1. The van der Waals surface area contributed by atoms with Gasteiger partial charge in [-0.05, 0) is 26.2 Å². The third kappa shape index (κ3) is 6.28. The van der Waals surface area contributed by atoms with E-state index in [9.17, 15) is 8.42 Å². The fourth-order valence-corrected chi connectivity index (χ4v) is 2.72. The van der Waals surface area contributed by atoms with Crippen molar-refractivity contribution in [3.05, 3.63) is 12.7 Å². The first-order chi connectivity index (χ1) is 7.32. The first-order valence-corrected chi connectivity index (χ1v) is 7.71. The Kier molecular flexibility index (Phi) is 6.91. The average molecular weight is 247 g/mol. The SMILES string of the molecule is C=CCC(C)C(C)NC(C)CS(=O)(=O)CC. The van der Waals surface area contributed by atoms with Crippen LogP contribution in [0.25, 0.3) is 0 Å². The summed E-state index contributed by atoms with van der Waals surface area (Å²) in [6.07, 6.45) is 2.84. The van der Waals surface area contributed by atoms with E-state index in [1.807, 2.05) is 13.0 Å². The Morgan fingerprint density at radius 1 is 1.31 bits per heavy atom. The fourth-order valence-electron chi connectivity index (χ4n) is 1.63. The van der Waals surface area contributed by atoms with Gasteiger partial charge < -0.3 is 5.32 Å². The lowest BCUT2D eigenvalue weighted by Crippen LogP contribution is -2.42. The van der Waals surface area contributed by atoms with E-state index < -0.39 is 9.84 Å². The predicted molar refractivity (Wildman–Crippen MR) is 70.4 cm³/mol. The minimum atomic E-state index is -2.88. The molecule has 0 rings (SSSR count). The molecule has 0 fully saturated rings. The number of allylic oxidation sites excluding steroid dienone is 1. The molecule has 0 aromatic heterocycles. The Balaban J connectivity index is 4.14. The zero-order chi connectivity index (χ0) is 12.8. The lowest BCUT2D eigenvalue weighted by atomic mass is 9.99. The molecule has 0 spiro atoms.